The van der Waals surface area contributed by atoms with E-state index in [4.69, 9.17) is 15.9 Å². The molecule has 1 unspecified atom stereocenters. The largest absolute Gasteiger partial charge is 0.493 e. The van der Waals surface area contributed by atoms with Crippen molar-refractivity contribution >= 4 is 0 Å². The highest BCUT2D eigenvalue weighted by molar-refractivity contribution is 5.43. The minimum absolute atomic E-state index is 0.271. The number of terminal acetylenes is 1. The summed E-state index contributed by atoms with van der Waals surface area (Å²) in [5.74, 6) is 3.66. The van der Waals surface area contributed by atoms with Crippen LogP contribution in [0.15, 0.2) is 48.5 Å². The molecule has 0 aromatic heterocycles. The quantitative estimate of drug-likeness (QED) is 0.826. The van der Waals surface area contributed by atoms with Gasteiger partial charge in [0.05, 0.1) is 13.2 Å². The van der Waals surface area contributed by atoms with Crippen molar-refractivity contribution in [2.45, 2.75) is 19.1 Å². The average Bonchev–Trinajstić information content (AvgIpc) is 2.54. The minimum atomic E-state index is -0.688. The maximum Gasteiger partial charge on any atom is 0.161 e. The lowest BCUT2D eigenvalue weighted by atomic mass is 10.1. The van der Waals surface area contributed by atoms with Crippen molar-refractivity contribution in [3.05, 3.63) is 59.7 Å². The maximum atomic E-state index is 9.90. The molecule has 21 heavy (non-hydrogen) atoms. The summed E-state index contributed by atoms with van der Waals surface area (Å²) in [6, 6.07) is 15.2. The van der Waals surface area contributed by atoms with E-state index < -0.39 is 6.10 Å². The van der Waals surface area contributed by atoms with Crippen LogP contribution in [0, 0.1) is 12.3 Å². The second-order valence-corrected chi connectivity index (χ2v) is 4.61. The summed E-state index contributed by atoms with van der Waals surface area (Å²) >= 11 is 0. The molecule has 1 atom stereocenters. The summed E-state index contributed by atoms with van der Waals surface area (Å²) in [5.41, 5.74) is 1.80. The molecule has 2 aromatic rings. The molecule has 108 valence electrons. The van der Waals surface area contributed by atoms with Gasteiger partial charge in [-0.2, -0.15) is 0 Å². The van der Waals surface area contributed by atoms with Crippen LogP contribution in [0.25, 0.3) is 0 Å². The van der Waals surface area contributed by atoms with Crippen LogP contribution in [0.5, 0.6) is 11.5 Å². The van der Waals surface area contributed by atoms with Crippen LogP contribution in [0.2, 0.25) is 0 Å². The van der Waals surface area contributed by atoms with Crippen LogP contribution in [0.1, 0.15) is 23.7 Å². The van der Waals surface area contributed by atoms with Gasteiger partial charge in [0.2, 0.25) is 0 Å². The van der Waals surface area contributed by atoms with Crippen LogP contribution in [0.3, 0.4) is 0 Å². The van der Waals surface area contributed by atoms with Gasteiger partial charge >= 0.3 is 0 Å². The van der Waals surface area contributed by atoms with E-state index in [9.17, 15) is 5.11 Å². The fraction of sp³-hybridized carbons (Fsp3) is 0.222. The normalized spacial score (nSPS) is 11.5. The SMILES string of the molecule is C#CCC(O)c1ccc(OCc2ccccc2)c(OC)c1. The second kappa shape index (κ2) is 7.37. The number of rotatable bonds is 6. The van der Waals surface area contributed by atoms with E-state index in [-0.39, 0.29) is 6.42 Å². The molecule has 0 saturated heterocycles. The molecule has 3 heteroatoms. The Kier molecular flexibility index (Phi) is 5.25. The number of aliphatic hydroxyl groups excluding tert-OH is 1. The molecule has 0 radical (unpaired) electrons. The Hall–Kier alpha value is -2.44. The zero-order chi connectivity index (χ0) is 15.1. The van der Waals surface area contributed by atoms with Crippen molar-refractivity contribution in [2.75, 3.05) is 7.11 Å². The van der Waals surface area contributed by atoms with Gasteiger partial charge in [0.25, 0.3) is 0 Å². The van der Waals surface area contributed by atoms with E-state index in [0.717, 1.165) is 11.1 Å². The Morgan fingerprint density at radius 2 is 1.90 bits per heavy atom. The lowest BCUT2D eigenvalue weighted by Gasteiger charge is -2.14. The fourth-order valence-electron chi connectivity index (χ4n) is 1.98. The molecule has 0 heterocycles. The Balaban J connectivity index is 2.11. The predicted molar refractivity (Wildman–Crippen MR) is 82.2 cm³/mol. The molecule has 3 nitrogen and oxygen atoms in total. The lowest BCUT2D eigenvalue weighted by molar-refractivity contribution is 0.183. The molecule has 0 aliphatic carbocycles. The van der Waals surface area contributed by atoms with Gasteiger partial charge in [-0.05, 0) is 23.3 Å². The molecular weight excluding hydrogens is 264 g/mol. The summed E-state index contributed by atoms with van der Waals surface area (Å²) < 4.78 is 11.1. The molecule has 2 aromatic carbocycles. The van der Waals surface area contributed by atoms with Crippen LogP contribution >= 0.6 is 0 Å². The Bertz CT molecular complexity index is 614. The number of benzene rings is 2. The van der Waals surface area contributed by atoms with Gasteiger partial charge in [-0.25, -0.2) is 0 Å². The average molecular weight is 282 g/mol. The highest BCUT2D eigenvalue weighted by atomic mass is 16.5. The van der Waals surface area contributed by atoms with E-state index in [0.29, 0.717) is 18.1 Å². The monoisotopic (exact) mass is 282 g/mol. The Labute approximate surface area is 125 Å². The number of hydrogen-bond donors (Lipinski definition) is 1. The Morgan fingerprint density at radius 3 is 2.57 bits per heavy atom. The topological polar surface area (TPSA) is 38.7 Å². The second-order valence-electron chi connectivity index (χ2n) is 4.61. The van der Waals surface area contributed by atoms with Crippen molar-refractivity contribution in [3.8, 4) is 23.8 Å². The third kappa shape index (κ3) is 4.01. The number of methoxy groups -OCH3 is 1. The van der Waals surface area contributed by atoms with E-state index >= 15 is 0 Å². The number of hydrogen-bond acceptors (Lipinski definition) is 3. The van der Waals surface area contributed by atoms with Gasteiger partial charge in [-0.3, -0.25) is 0 Å². The van der Waals surface area contributed by atoms with Gasteiger partial charge in [0.1, 0.15) is 6.61 Å². The third-order valence-electron chi connectivity index (χ3n) is 3.12. The van der Waals surface area contributed by atoms with Crippen molar-refractivity contribution in [2.24, 2.45) is 0 Å². The number of ether oxygens (including phenoxy) is 2. The van der Waals surface area contributed by atoms with Gasteiger partial charge in [0, 0.05) is 6.42 Å². The zero-order valence-corrected chi connectivity index (χ0v) is 12.0. The molecule has 0 aliphatic rings. The minimum Gasteiger partial charge on any atom is -0.493 e. The third-order valence-corrected chi connectivity index (χ3v) is 3.12. The summed E-state index contributed by atoms with van der Waals surface area (Å²) in [7, 11) is 1.57. The molecule has 2 rings (SSSR count). The molecule has 1 N–H and O–H groups in total. The first-order valence-electron chi connectivity index (χ1n) is 6.70. The molecule has 0 fully saturated rings. The molecule has 0 saturated carbocycles. The molecule has 0 amide bonds. The summed E-state index contributed by atoms with van der Waals surface area (Å²) in [5, 5.41) is 9.90. The zero-order valence-electron chi connectivity index (χ0n) is 12.0. The summed E-state index contributed by atoms with van der Waals surface area (Å²) in [6.45, 7) is 0.462. The predicted octanol–water partition coefficient (Wildman–Crippen LogP) is 3.33. The summed E-state index contributed by atoms with van der Waals surface area (Å²) in [6.07, 6.45) is 4.80. The first-order chi connectivity index (χ1) is 10.2. The van der Waals surface area contributed by atoms with Gasteiger partial charge in [-0.1, -0.05) is 36.4 Å². The van der Waals surface area contributed by atoms with Crippen LogP contribution in [-0.4, -0.2) is 12.2 Å². The summed E-state index contributed by atoms with van der Waals surface area (Å²) in [4.78, 5) is 0. The first kappa shape index (κ1) is 15.0. The van der Waals surface area contributed by atoms with E-state index in [1.54, 1.807) is 25.3 Å². The molecular formula is C18H18O3. The Morgan fingerprint density at radius 1 is 1.14 bits per heavy atom. The first-order valence-corrected chi connectivity index (χ1v) is 6.70. The van der Waals surface area contributed by atoms with Crippen molar-refractivity contribution in [1.82, 2.24) is 0 Å². The van der Waals surface area contributed by atoms with E-state index in [2.05, 4.69) is 5.92 Å². The highest BCUT2D eigenvalue weighted by Gasteiger charge is 2.11. The van der Waals surface area contributed by atoms with Crippen molar-refractivity contribution < 1.29 is 14.6 Å². The van der Waals surface area contributed by atoms with Crippen molar-refractivity contribution in [1.29, 1.82) is 0 Å². The van der Waals surface area contributed by atoms with E-state index in [1.807, 2.05) is 30.3 Å². The standard InChI is InChI=1S/C18H18O3/c1-3-7-16(19)15-10-11-17(18(12-15)20-2)21-13-14-8-5-4-6-9-14/h1,4-6,8-12,16,19H,7,13H2,2H3. The van der Waals surface area contributed by atoms with E-state index in [1.165, 1.54) is 0 Å². The molecule has 0 aliphatic heterocycles. The van der Waals surface area contributed by atoms with Crippen LogP contribution in [-0.2, 0) is 6.61 Å². The van der Waals surface area contributed by atoms with Crippen LogP contribution in [0.4, 0.5) is 0 Å². The smallest absolute Gasteiger partial charge is 0.161 e. The molecule has 0 bridgehead atoms. The van der Waals surface area contributed by atoms with Gasteiger partial charge in [0.15, 0.2) is 11.5 Å². The maximum absolute atomic E-state index is 9.90. The van der Waals surface area contributed by atoms with Crippen molar-refractivity contribution in [3.63, 3.8) is 0 Å². The van der Waals surface area contributed by atoms with Gasteiger partial charge < -0.3 is 14.6 Å². The number of aliphatic hydroxyl groups is 1. The fourth-order valence-corrected chi connectivity index (χ4v) is 1.98. The van der Waals surface area contributed by atoms with Crippen LogP contribution < -0.4 is 9.47 Å². The van der Waals surface area contributed by atoms with Gasteiger partial charge in [-0.15, -0.1) is 12.3 Å². The molecule has 0 spiro atoms. The highest BCUT2D eigenvalue weighted by Crippen LogP contribution is 2.31. The lowest BCUT2D eigenvalue weighted by Crippen LogP contribution is -2.00.